The number of para-hydroxylation sites is 3. The van der Waals surface area contributed by atoms with Crippen molar-refractivity contribution in [3.63, 3.8) is 0 Å². The molecule has 6 nitrogen and oxygen atoms in total. The van der Waals surface area contributed by atoms with Crippen LogP contribution in [0.15, 0.2) is 200 Å². The maximum Gasteiger partial charge on any atom is 0.252 e. The number of benzene rings is 10. The minimum Gasteiger partial charge on any atom is -0.501 e. The molecule has 101 heavy (non-hydrogen) atoms. The van der Waals surface area contributed by atoms with Crippen LogP contribution in [0, 0.1) is 31.8 Å². The van der Waals surface area contributed by atoms with Crippen LogP contribution in [-0.4, -0.2) is 21.2 Å². The van der Waals surface area contributed by atoms with Crippen molar-refractivity contribution in [1.82, 2.24) is 14.5 Å². The zero-order valence-corrected chi connectivity index (χ0v) is 65.2. The minimum absolute atomic E-state index is 0. The second-order valence-electron chi connectivity index (χ2n) is 32.8. The van der Waals surface area contributed by atoms with Gasteiger partial charge >= 0.3 is 0 Å². The molecule has 0 saturated heterocycles. The van der Waals surface area contributed by atoms with Crippen LogP contribution >= 0.6 is 23.5 Å². The third-order valence-electron chi connectivity index (χ3n) is 21.0. The first-order valence-corrected chi connectivity index (χ1v) is 37.0. The molecule has 13 aromatic rings. The zero-order chi connectivity index (χ0) is 70.1. The molecule has 4 aliphatic rings. The molecule has 17 rings (SSSR count). The average molecular weight is 1540 g/mol. The Morgan fingerprint density at radius 3 is 1.61 bits per heavy atom. The third kappa shape index (κ3) is 11.5. The predicted molar refractivity (Wildman–Crippen MR) is 421 cm³/mol. The van der Waals surface area contributed by atoms with E-state index in [2.05, 4.69) is 288 Å². The number of aromatic nitrogens is 3. The van der Waals surface area contributed by atoms with Crippen LogP contribution in [0.1, 0.15) is 167 Å². The van der Waals surface area contributed by atoms with Crippen LogP contribution in [0.3, 0.4) is 0 Å². The number of anilines is 6. The van der Waals surface area contributed by atoms with Crippen molar-refractivity contribution in [3.05, 3.63) is 239 Å². The van der Waals surface area contributed by atoms with Gasteiger partial charge in [0.2, 0.25) is 0 Å². The second-order valence-corrected chi connectivity index (χ2v) is 34.9. The van der Waals surface area contributed by atoms with E-state index in [0.717, 1.165) is 72.3 Å². The Morgan fingerprint density at radius 1 is 0.515 bits per heavy atom. The molecule has 0 fully saturated rings. The first kappa shape index (κ1) is 68.3. The molecule has 0 atom stereocenters. The Morgan fingerprint density at radius 2 is 1.08 bits per heavy atom. The molecule has 509 valence electrons. The molecule has 4 aliphatic heterocycles. The fourth-order valence-electron chi connectivity index (χ4n) is 15.2. The number of aryl methyl sites for hydroxylation is 2. The van der Waals surface area contributed by atoms with Crippen molar-refractivity contribution in [2.45, 2.75) is 178 Å². The summed E-state index contributed by atoms with van der Waals surface area (Å²) in [4.78, 5) is 20.3. The van der Waals surface area contributed by atoms with Crippen LogP contribution in [0.5, 0.6) is 0 Å². The predicted octanol–water partition coefficient (Wildman–Crippen LogP) is 23.8. The summed E-state index contributed by atoms with van der Waals surface area (Å²) in [7, 11) is 0. The second kappa shape index (κ2) is 24.6. The van der Waals surface area contributed by atoms with Gasteiger partial charge in [0.25, 0.3) is 6.71 Å². The van der Waals surface area contributed by atoms with Crippen molar-refractivity contribution >= 4 is 114 Å². The molecule has 10 aromatic carbocycles. The first-order valence-electron chi connectivity index (χ1n) is 35.4. The van der Waals surface area contributed by atoms with E-state index < -0.39 is 0 Å². The third-order valence-corrected chi connectivity index (χ3v) is 23.2. The fourth-order valence-corrected chi connectivity index (χ4v) is 17.6. The van der Waals surface area contributed by atoms with Crippen LogP contribution in [0.25, 0.3) is 72.4 Å². The topological polar surface area (TPSA) is 50.3 Å². The summed E-state index contributed by atoms with van der Waals surface area (Å²) in [5.41, 5.74) is 31.3. The van der Waals surface area contributed by atoms with Gasteiger partial charge in [0.1, 0.15) is 5.58 Å². The number of furan rings is 1. The average Bonchev–Trinajstić information content (AvgIpc) is 1.14. The van der Waals surface area contributed by atoms with E-state index in [4.69, 9.17) is 9.40 Å². The minimum atomic E-state index is -0.275. The van der Waals surface area contributed by atoms with Crippen molar-refractivity contribution in [2.24, 2.45) is 0 Å². The normalized spacial score (nSPS) is 13.7. The number of rotatable bonds is 6. The van der Waals surface area contributed by atoms with Crippen molar-refractivity contribution in [3.8, 4) is 39.5 Å². The molecule has 0 saturated carbocycles. The monoisotopic (exact) mass is 1540 g/mol. The SMILES string of the molecule is CC(C)c1cccc(C(C)C)c1-n1c(-c2[c-]ccc3c2oc2cc(-c4cc5c6c(c4)N4c7ccc(C(C)(C)C)cc7Sc7cc(C(C)(C)C)cc(c74)B6c4cc(C(C)(C)C)cc6c4N5c4ccc(C(C)(C)C)cc4S6)ccc23)nc2ccccc21.Cc1cnc(-c2[c-]cc(F)cc2)cc1C.[Ir]. The molecule has 0 spiro atoms. The number of fused-ring (bicyclic) bond motifs is 12. The number of halogens is 1. The number of pyridine rings is 1. The van der Waals surface area contributed by atoms with Gasteiger partial charge in [-0.2, -0.15) is 0 Å². The number of nitrogens with zero attached hydrogens (tertiary/aromatic N) is 5. The Hall–Kier alpha value is -8.44. The van der Waals surface area contributed by atoms with Crippen LogP contribution < -0.4 is 26.2 Å². The molecular formula is C90H85BFIrN5OS2-2. The quantitative estimate of drug-likeness (QED) is 0.121. The molecule has 0 bridgehead atoms. The summed E-state index contributed by atoms with van der Waals surface area (Å²) in [5.74, 6) is 1.14. The van der Waals surface area contributed by atoms with Gasteiger partial charge in [-0.05, 0) is 186 Å². The van der Waals surface area contributed by atoms with Crippen LogP contribution in [0.2, 0.25) is 0 Å². The van der Waals surface area contributed by atoms with Crippen molar-refractivity contribution in [1.29, 1.82) is 0 Å². The molecule has 11 heteroatoms. The summed E-state index contributed by atoms with van der Waals surface area (Å²) >= 11 is 3.90. The smallest absolute Gasteiger partial charge is 0.252 e. The van der Waals surface area contributed by atoms with E-state index in [0.29, 0.717) is 11.8 Å². The number of imidazole rings is 1. The van der Waals surface area contributed by atoms with Gasteiger partial charge in [-0.1, -0.05) is 224 Å². The Labute approximate surface area is 618 Å². The first-order chi connectivity index (χ1) is 47.5. The van der Waals surface area contributed by atoms with Crippen LogP contribution in [0.4, 0.5) is 38.5 Å². The van der Waals surface area contributed by atoms with Gasteiger partial charge in [0, 0.05) is 74.1 Å². The molecule has 1 radical (unpaired) electrons. The summed E-state index contributed by atoms with van der Waals surface area (Å²) in [6, 6.07) is 69.1. The zero-order valence-electron chi connectivity index (χ0n) is 61.1. The summed E-state index contributed by atoms with van der Waals surface area (Å²) in [5, 5.41) is 2.11. The molecule has 0 unspecified atom stereocenters. The van der Waals surface area contributed by atoms with E-state index in [1.807, 2.05) is 49.6 Å². The standard InChI is InChI=1S/C77H74BN4OS2.C13H11FN.Ir/c1-42(2)50-21-19-22-51(43(3)4)69(50)82-58-26-18-17-25-57(58)79-73(82)54-24-20-23-53-52-30-27-44(35-63(52)83-72(53)54)45-33-61-68-62(34-45)81-60-32-29-47(75(8,9)10)39-65(60)85-67-41-49(77(14,15)16)37-56(71(67)81)78(68)55-36-48(76(11,12)13)40-66-70(55)80(61)59-31-28-46(74(5,6)7)38-64(59)84-66;1-9-7-13(15-8-10(9)2)11-3-5-12(14)6-4-11;/h17-23,25-43H,1-16H3;3,5-8H,1-2H3;/q2*-1;. The Kier molecular flexibility index (Phi) is 16.7. The summed E-state index contributed by atoms with van der Waals surface area (Å²) in [6.45, 7) is 41.4. The van der Waals surface area contributed by atoms with Crippen molar-refractivity contribution in [2.75, 3.05) is 9.80 Å². The molecule has 7 heterocycles. The molecule has 0 amide bonds. The van der Waals surface area contributed by atoms with Gasteiger partial charge in [-0.3, -0.25) is 9.37 Å². The van der Waals surface area contributed by atoms with Crippen molar-refractivity contribution < 1.29 is 28.9 Å². The molecule has 3 aromatic heterocycles. The largest absolute Gasteiger partial charge is 0.501 e. The summed E-state index contributed by atoms with van der Waals surface area (Å²) < 4.78 is 22.4. The van der Waals surface area contributed by atoms with Gasteiger partial charge in [0.05, 0.1) is 45.2 Å². The summed E-state index contributed by atoms with van der Waals surface area (Å²) in [6.07, 6.45) is 1.82. The van der Waals surface area contributed by atoms with E-state index in [1.54, 1.807) is 6.07 Å². The van der Waals surface area contributed by atoms with E-state index >= 15 is 0 Å². The van der Waals surface area contributed by atoms with E-state index in [-0.39, 0.29) is 54.3 Å². The Balaban J connectivity index is 0.000000458. The molecular weight excluding hydrogens is 1450 g/mol. The molecule has 0 aliphatic carbocycles. The van der Waals surface area contributed by atoms with E-state index in [9.17, 15) is 4.39 Å². The van der Waals surface area contributed by atoms with Crippen LogP contribution in [-0.2, 0) is 41.8 Å². The Bertz CT molecular complexity index is 5370. The van der Waals surface area contributed by atoms with Gasteiger partial charge < -0.3 is 23.8 Å². The maximum atomic E-state index is 12.7. The van der Waals surface area contributed by atoms with Gasteiger partial charge in [-0.25, -0.2) is 0 Å². The van der Waals surface area contributed by atoms with E-state index in [1.165, 1.54) is 127 Å². The van der Waals surface area contributed by atoms with Gasteiger partial charge in [-0.15, -0.1) is 48.0 Å². The maximum absolute atomic E-state index is 12.7. The number of hydrogen-bond acceptors (Lipinski definition) is 7. The van der Waals surface area contributed by atoms with Gasteiger partial charge in [0.15, 0.2) is 0 Å². The molecule has 0 N–H and O–H groups in total. The fraction of sp³-hybridized carbons (Fsp3) is 0.267. The number of hydrogen-bond donors (Lipinski definition) is 0.